The maximum Gasteiger partial charge on any atom is 0.231 e. The number of fused-ring (bicyclic) bond motifs is 1. The normalized spacial score (nSPS) is 13.8. The molecule has 0 saturated heterocycles. The molecule has 1 aromatic heterocycles. The Kier molecular flexibility index (Phi) is 4.00. The summed E-state index contributed by atoms with van der Waals surface area (Å²) in [6, 6.07) is 7.09. The molecular weight excluding hydrogens is 294 g/mol. The zero-order chi connectivity index (χ0) is 13.9. The Labute approximate surface area is 126 Å². The minimum Gasteiger partial charge on any atom is -0.326 e. The van der Waals surface area contributed by atoms with Crippen LogP contribution in [0.4, 0.5) is 5.69 Å². The summed E-state index contributed by atoms with van der Waals surface area (Å²) in [7, 11) is 0. The van der Waals surface area contributed by atoms with Crippen LogP contribution < -0.4 is 10.6 Å². The van der Waals surface area contributed by atoms with Gasteiger partial charge in [-0.2, -0.15) is 0 Å². The number of aromatic nitrogens is 1. The number of amides is 1. The summed E-state index contributed by atoms with van der Waals surface area (Å²) in [6.45, 7) is 1.83. The monoisotopic (exact) mass is 307 g/mol. The molecule has 0 fully saturated rings. The second kappa shape index (κ2) is 5.91. The highest BCUT2D eigenvalue weighted by Crippen LogP contribution is 2.22. The lowest BCUT2D eigenvalue weighted by Crippen LogP contribution is -2.22. The maximum absolute atomic E-state index is 12.0. The second-order valence-electron chi connectivity index (χ2n) is 4.64. The molecule has 1 aromatic carbocycles. The third kappa shape index (κ3) is 3.17. The van der Waals surface area contributed by atoms with E-state index < -0.39 is 0 Å². The van der Waals surface area contributed by atoms with E-state index >= 15 is 0 Å². The van der Waals surface area contributed by atoms with Crippen molar-refractivity contribution in [3.8, 4) is 0 Å². The number of rotatable bonds is 3. The third-order valence-electron chi connectivity index (χ3n) is 3.09. The first-order chi connectivity index (χ1) is 9.70. The minimum absolute atomic E-state index is 0.0496. The lowest BCUT2D eigenvalue weighted by atomic mass is 10.2. The fourth-order valence-corrected chi connectivity index (χ4v) is 3.34. The summed E-state index contributed by atoms with van der Waals surface area (Å²) in [5.74, 6) is -0.0496. The van der Waals surface area contributed by atoms with Gasteiger partial charge in [-0.1, -0.05) is 11.6 Å². The lowest BCUT2D eigenvalue weighted by Gasteiger charge is -2.09. The van der Waals surface area contributed by atoms with E-state index in [0.29, 0.717) is 11.4 Å². The van der Waals surface area contributed by atoms with Crippen LogP contribution in [0.1, 0.15) is 15.6 Å². The first kappa shape index (κ1) is 13.5. The third-order valence-corrected chi connectivity index (χ3v) is 4.44. The largest absolute Gasteiger partial charge is 0.326 e. The van der Waals surface area contributed by atoms with Gasteiger partial charge in [-0.25, -0.2) is 4.98 Å². The molecule has 0 aliphatic carbocycles. The molecule has 2 aromatic rings. The van der Waals surface area contributed by atoms with Gasteiger partial charge in [0, 0.05) is 35.1 Å². The average molecular weight is 308 g/mol. The van der Waals surface area contributed by atoms with E-state index in [2.05, 4.69) is 15.6 Å². The first-order valence-corrected chi connectivity index (χ1v) is 7.64. The van der Waals surface area contributed by atoms with Gasteiger partial charge >= 0.3 is 0 Å². The highest BCUT2D eigenvalue weighted by atomic mass is 35.5. The van der Waals surface area contributed by atoms with Crippen molar-refractivity contribution in [1.82, 2.24) is 10.3 Å². The zero-order valence-corrected chi connectivity index (χ0v) is 12.4. The van der Waals surface area contributed by atoms with E-state index in [1.807, 2.05) is 0 Å². The van der Waals surface area contributed by atoms with Crippen molar-refractivity contribution in [2.75, 3.05) is 11.9 Å². The molecule has 20 heavy (non-hydrogen) atoms. The van der Waals surface area contributed by atoms with E-state index in [0.717, 1.165) is 35.9 Å². The number of benzene rings is 1. The van der Waals surface area contributed by atoms with Crippen molar-refractivity contribution < 1.29 is 4.79 Å². The van der Waals surface area contributed by atoms with Gasteiger partial charge in [0.1, 0.15) is 5.01 Å². The predicted molar refractivity (Wildman–Crippen MR) is 81.3 cm³/mol. The molecule has 3 rings (SSSR count). The minimum atomic E-state index is -0.0496. The molecule has 104 valence electrons. The van der Waals surface area contributed by atoms with Crippen LogP contribution in [0.5, 0.6) is 0 Å². The summed E-state index contributed by atoms with van der Waals surface area (Å²) in [6.07, 6.45) is 1.27. The quantitative estimate of drug-likeness (QED) is 0.916. The molecule has 1 aliphatic rings. The fourth-order valence-electron chi connectivity index (χ4n) is 2.13. The number of halogens is 1. The molecule has 1 aliphatic heterocycles. The molecule has 1 amide bonds. The number of carbonyl (C=O) groups excluding carboxylic acids is 1. The Balaban J connectivity index is 1.63. The van der Waals surface area contributed by atoms with Gasteiger partial charge in [-0.05, 0) is 24.3 Å². The molecule has 0 saturated carbocycles. The number of carbonyl (C=O) groups is 1. The van der Waals surface area contributed by atoms with Crippen LogP contribution in [0.15, 0.2) is 24.3 Å². The Morgan fingerprint density at radius 2 is 2.20 bits per heavy atom. The summed E-state index contributed by atoms with van der Waals surface area (Å²) < 4.78 is 0. The van der Waals surface area contributed by atoms with Crippen LogP contribution >= 0.6 is 22.9 Å². The standard InChI is InChI=1S/C14H14ClN3OS/c15-9-1-3-10(4-2-9)17-13(19)7-14-18-11-5-6-16-8-12(11)20-14/h1-4,16H,5-8H2,(H,17,19). The summed E-state index contributed by atoms with van der Waals surface area (Å²) in [5.41, 5.74) is 1.89. The Morgan fingerprint density at radius 1 is 1.40 bits per heavy atom. The molecule has 6 heteroatoms. The van der Waals surface area contributed by atoms with Crippen molar-refractivity contribution in [2.24, 2.45) is 0 Å². The molecule has 0 radical (unpaired) electrons. The van der Waals surface area contributed by atoms with Crippen LogP contribution in [-0.4, -0.2) is 17.4 Å². The van der Waals surface area contributed by atoms with Gasteiger partial charge in [-0.3, -0.25) is 4.79 Å². The van der Waals surface area contributed by atoms with Gasteiger partial charge in [-0.15, -0.1) is 11.3 Å². The Morgan fingerprint density at radius 3 is 2.95 bits per heavy atom. The first-order valence-electron chi connectivity index (χ1n) is 6.44. The van der Waals surface area contributed by atoms with Crippen LogP contribution in [0, 0.1) is 0 Å². The van der Waals surface area contributed by atoms with Crippen molar-refractivity contribution >= 4 is 34.5 Å². The van der Waals surface area contributed by atoms with Gasteiger partial charge in [0.05, 0.1) is 12.1 Å². The number of thiazole rings is 1. The van der Waals surface area contributed by atoms with Gasteiger partial charge < -0.3 is 10.6 Å². The fraction of sp³-hybridized carbons (Fsp3) is 0.286. The molecule has 0 bridgehead atoms. The maximum atomic E-state index is 12.0. The van der Waals surface area contributed by atoms with E-state index in [4.69, 9.17) is 11.6 Å². The Hall–Kier alpha value is -1.43. The molecule has 0 unspecified atom stereocenters. The number of hydrogen-bond acceptors (Lipinski definition) is 4. The summed E-state index contributed by atoms with van der Waals surface area (Å²) >= 11 is 7.43. The number of nitrogens with zero attached hydrogens (tertiary/aromatic N) is 1. The molecule has 2 heterocycles. The summed E-state index contributed by atoms with van der Waals surface area (Å²) in [4.78, 5) is 17.8. The zero-order valence-electron chi connectivity index (χ0n) is 10.8. The van der Waals surface area contributed by atoms with Crippen molar-refractivity contribution in [2.45, 2.75) is 19.4 Å². The van der Waals surface area contributed by atoms with E-state index in [1.54, 1.807) is 35.6 Å². The molecular formula is C14H14ClN3OS. The van der Waals surface area contributed by atoms with Gasteiger partial charge in [0.15, 0.2) is 0 Å². The van der Waals surface area contributed by atoms with Crippen molar-refractivity contribution in [3.63, 3.8) is 0 Å². The van der Waals surface area contributed by atoms with Crippen LogP contribution in [0.3, 0.4) is 0 Å². The molecule has 0 spiro atoms. The average Bonchev–Trinajstić information content (AvgIpc) is 2.83. The van der Waals surface area contributed by atoms with Crippen LogP contribution in [-0.2, 0) is 24.2 Å². The topological polar surface area (TPSA) is 54.0 Å². The van der Waals surface area contributed by atoms with E-state index in [9.17, 15) is 4.79 Å². The SMILES string of the molecule is O=C(Cc1nc2c(s1)CNCC2)Nc1ccc(Cl)cc1. The molecule has 2 N–H and O–H groups in total. The summed E-state index contributed by atoms with van der Waals surface area (Å²) in [5, 5.41) is 7.70. The predicted octanol–water partition coefficient (Wildman–Crippen LogP) is 2.62. The number of hydrogen-bond donors (Lipinski definition) is 2. The number of anilines is 1. The van der Waals surface area contributed by atoms with Crippen molar-refractivity contribution in [3.05, 3.63) is 44.9 Å². The molecule has 0 atom stereocenters. The van der Waals surface area contributed by atoms with Crippen LogP contribution in [0.25, 0.3) is 0 Å². The van der Waals surface area contributed by atoms with E-state index in [1.165, 1.54) is 4.88 Å². The Bertz CT molecular complexity index is 600. The highest BCUT2D eigenvalue weighted by Gasteiger charge is 2.16. The number of nitrogens with one attached hydrogen (secondary N) is 2. The van der Waals surface area contributed by atoms with Gasteiger partial charge in [0.25, 0.3) is 0 Å². The highest BCUT2D eigenvalue weighted by molar-refractivity contribution is 7.11. The molecule has 4 nitrogen and oxygen atoms in total. The van der Waals surface area contributed by atoms with Crippen molar-refractivity contribution in [1.29, 1.82) is 0 Å². The smallest absolute Gasteiger partial charge is 0.231 e. The van der Waals surface area contributed by atoms with Crippen LogP contribution in [0.2, 0.25) is 5.02 Å². The second-order valence-corrected chi connectivity index (χ2v) is 6.24. The van der Waals surface area contributed by atoms with Gasteiger partial charge in [0.2, 0.25) is 5.91 Å². The lowest BCUT2D eigenvalue weighted by molar-refractivity contribution is -0.115. The van der Waals surface area contributed by atoms with E-state index in [-0.39, 0.29) is 5.91 Å².